The van der Waals surface area contributed by atoms with Gasteiger partial charge in [-0.3, -0.25) is 4.79 Å². The molecule has 0 bridgehead atoms. The average Bonchev–Trinajstić information content (AvgIpc) is 2.46. The van der Waals surface area contributed by atoms with Gasteiger partial charge in [0.1, 0.15) is 11.5 Å². The number of hydrazine groups is 1. The Labute approximate surface area is 119 Å². The van der Waals surface area contributed by atoms with E-state index in [2.05, 4.69) is 31.7 Å². The third-order valence-corrected chi connectivity index (χ3v) is 3.30. The van der Waals surface area contributed by atoms with E-state index in [0.29, 0.717) is 18.1 Å². The van der Waals surface area contributed by atoms with E-state index in [1.54, 1.807) is 18.2 Å². The normalized spacial score (nSPS) is 10.0. The van der Waals surface area contributed by atoms with Gasteiger partial charge in [0.25, 0.3) is 5.91 Å². The predicted molar refractivity (Wildman–Crippen MR) is 77.4 cm³/mol. The van der Waals surface area contributed by atoms with Crippen molar-refractivity contribution in [3.63, 3.8) is 0 Å². The standard InChI is InChI=1S/C13H13BrN4O/c14-10-5-2-1-4-9(10)8-16-13(19)11-6-3-7-12(17-11)18-15/h1-7H,8,15H2,(H,16,19)(H,17,18). The maximum absolute atomic E-state index is 11.9. The first-order valence-electron chi connectivity index (χ1n) is 5.66. The van der Waals surface area contributed by atoms with Crippen molar-refractivity contribution in [2.45, 2.75) is 6.54 Å². The zero-order chi connectivity index (χ0) is 13.7. The number of aromatic nitrogens is 1. The Morgan fingerprint density at radius 2 is 2.00 bits per heavy atom. The van der Waals surface area contributed by atoms with Gasteiger partial charge in [0.2, 0.25) is 0 Å². The smallest absolute Gasteiger partial charge is 0.270 e. The highest BCUT2D eigenvalue weighted by Gasteiger charge is 2.08. The number of nitrogen functional groups attached to an aromatic ring is 1. The highest BCUT2D eigenvalue weighted by atomic mass is 79.9. The summed E-state index contributed by atoms with van der Waals surface area (Å²) in [5.74, 6) is 5.46. The van der Waals surface area contributed by atoms with Gasteiger partial charge in [0.05, 0.1) is 0 Å². The Balaban J connectivity index is 2.03. The lowest BCUT2D eigenvalue weighted by Crippen LogP contribution is -2.24. The Morgan fingerprint density at radius 3 is 2.74 bits per heavy atom. The lowest BCUT2D eigenvalue weighted by atomic mass is 10.2. The number of hydrogen-bond acceptors (Lipinski definition) is 4. The zero-order valence-electron chi connectivity index (χ0n) is 10.1. The molecule has 98 valence electrons. The Kier molecular flexibility index (Phi) is 4.48. The number of benzene rings is 1. The molecule has 1 amide bonds. The van der Waals surface area contributed by atoms with E-state index in [1.807, 2.05) is 24.3 Å². The molecule has 5 nitrogen and oxygen atoms in total. The molecule has 0 fully saturated rings. The molecular formula is C13H13BrN4O. The van der Waals surface area contributed by atoms with Gasteiger partial charge in [-0.1, -0.05) is 40.2 Å². The number of carbonyl (C=O) groups is 1. The number of nitrogens with one attached hydrogen (secondary N) is 2. The molecule has 2 aromatic rings. The molecule has 0 radical (unpaired) electrons. The van der Waals surface area contributed by atoms with Gasteiger partial charge in [-0.15, -0.1) is 0 Å². The Morgan fingerprint density at radius 1 is 1.21 bits per heavy atom. The summed E-state index contributed by atoms with van der Waals surface area (Å²) in [5.41, 5.74) is 3.73. The SMILES string of the molecule is NNc1cccc(C(=O)NCc2ccccc2Br)n1. The third-order valence-electron chi connectivity index (χ3n) is 2.53. The van der Waals surface area contributed by atoms with Crippen molar-refractivity contribution in [2.75, 3.05) is 5.43 Å². The fourth-order valence-electron chi connectivity index (χ4n) is 1.55. The van der Waals surface area contributed by atoms with Gasteiger partial charge in [-0.25, -0.2) is 10.8 Å². The number of rotatable bonds is 4. The number of hydrogen-bond donors (Lipinski definition) is 3. The van der Waals surface area contributed by atoms with Crippen molar-refractivity contribution in [3.8, 4) is 0 Å². The molecular weight excluding hydrogens is 308 g/mol. The van der Waals surface area contributed by atoms with Crippen molar-refractivity contribution in [1.29, 1.82) is 0 Å². The monoisotopic (exact) mass is 320 g/mol. The maximum Gasteiger partial charge on any atom is 0.270 e. The molecule has 0 aliphatic rings. The second-order valence-corrected chi connectivity index (χ2v) is 4.68. The summed E-state index contributed by atoms with van der Waals surface area (Å²) in [4.78, 5) is 16.0. The average molecular weight is 321 g/mol. The summed E-state index contributed by atoms with van der Waals surface area (Å²) < 4.78 is 0.959. The summed E-state index contributed by atoms with van der Waals surface area (Å²) in [6, 6.07) is 12.8. The molecule has 0 saturated heterocycles. The van der Waals surface area contributed by atoms with Crippen LogP contribution in [0.25, 0.3) is 0 Å². The van der Waals surface area contributed by atoms with E-state index in [9.17, 15) is 4.79 Å². The molecule has 0 saturated carbocycles. The first-order chi connectivity index (χ1) is 9.20. The predicted octanol–water partition coefficient (Wildman–Crippen LogP) is 2.06. The van der Waals surface area contributed by atoms with E-state index in [0.717, 1.165) is 10.0 Å². The van der Waals surface area contributed by atoms with Gasteiger partial charge < -0.3 is 10.7 Å². The second kappa shape index (κ2) is 6.31. The zero-order valence-corrected chi connectivity index (χ0v) is 11.6. The van der Waals surface area contributed by atoms with E-state index < -0.39 is 0 Å². The first-order valence-corrected chi connectivity index (χ1v) is 6.45. The van der Waals surface area contributed by atoms with Gasteiger partial charge in [0, 0.05) is 11.0 Å². The quantitative estimate of drug-likeness (QED) is 0.595. The van der Waals surface area contributed by atoms with Crippen molar-refractivity contribution < 1.29 is 4.79 Å². The third kappa shape index (κ3) is 3.52. The molecule has 0 spiro atoms. The highest BCUT2D eigenvalue weighted by molar-refractivity contribution is 9.10. The molecule has 4 N–H and O–H groups in total. The molecule has 1 aromatic carbocycles. The molecule has 1 aromatic heterocycles. The van der Waals surface area contributed by atoms with Crippen LogP contribution in [0.1, 0.15) is 16.1 Å². The lowest BCUT2D eigenvalue weighted by Gasteiger charge is -2.07. The van der Waals surface area contributed by atoms with Crippen molar-refractivity contribution in [1.82, 2.24) is 10.3 Å². The second-order valence-electron chi connectivity index (χ2n) is 3.83. The molecule has 2 rings (SSSR count). The van der Waals surface area contributed by atoms with Crippen LogP contribution in [-0.4, -0.2) is 10.9 Å². The number of nitrogens with zero attached hydrogens (tertiary/aromatic N) is 1. The van der Waals surface area contributed by atoms with Crippen LogP contribution in [0.15, 0.2) is 46.9 Å². The molecule has 0 unspecified atom stereocenters. The number of anilines is 1. The van der Waals surface area contributed by atoms with Crippen LogP contribution in [-0.2, 0) is 6.54 Å². The highest BCUT2D eigenvalue weighted by Crippen LogP contribution is 2.15. The van der Waals surface area contributed by atoms with Crippen molar-refractivity contribution >= 4 is 27.7 Å². The van der Waals surface area contributed by atoms with E-state index in [-0.39, 0.29) is 5.91 Å². The number of amides is 1. The largest absolute Gasteiger partial charge is 0.347 e. The summed E-state index contributed by atoms with van der Waals surface area (Å²) in [5, 5.41) is 2.81. The number of pyridine rings is 1. The maximum atomic E-state index is 11.9. The number of halogens is 1. The van der Waals surface area contributed by atoms with Gasteiger partial charge in [0.15, 0.2) is 0 Å². The molecule has 0 aliphatic heterocycles. The minimum Gasteiger partial charge on any atom is -0.347 e. The van der Waals surface area contributed by atoms with Crippen molar-refractivity contribution in [3.05, 3.63) is 58.2 Å². The topological polar surface area (TPSA) is 80.0 Å². The van der Waals surface area contributed by atoms with E-state index >= 15 is 0 Å². The minimum absolute atomic E-state index is 0.243. The van der Waals surface area contributed by atoms with E-state index in [4.69, 9.17) is 5.84 Å². The van der Waals surface area contributed by atoms with Gasteiger partial charge in [-0.2, -0.15) is 0 Å². The summed E-state index contributed by atoms with van der Waals surface area (Å²) in [7, 11) is 0. The Hall–Kier alpha value is -1.92. The fourth-order valence-corrected chi connectivity index (χ4v) is 1.97. The fraction of sp³-hybridized carbons (Fsp3) is 0.0769. The summed E-state index contributed by atoms with van der Waals surface area (Å²) >= 11 is 3.43. The van der Waals surface area contributed by atoms with Crippen LogP contribution >= 0.6 is 15.9 Å². The van der Waals surface area contributed by atoms with E-state index in [1.165, 1.54) is 0 Å². The molecule has 19 heavy (non-hydrogen) atoms. The van der Waals surface area contributed by atoms with Crippen LogP contribution in [0.4, 0.5) is 5.82 Å². The molecule has 0 aliphatic carbocycles. The van der Waals surface area contributed by atoms with Crippen LogP contribution in [0, 0.1) is 0 Å². The number of carbonyl (C=O) groups excluding carboxylic acids is 1. The molecule has 6 heteroatoms. The van der Waals surface area contributed by atoms with Gasteiger partial charge >= 0.3 is 0 Å². The summed E-state index contributed by atoms with van der Waals surface area (Å²) in [6.45, 7) is 0.433. The van der Waals surface area contributed by atoms with Crippen LogP contribution in [0.2, 0.25) is 0 Å². The van der Waals surface area contributed by atoms with Crippen LogP contribution < -0.4 is 16.6 Å². The van der Waals surface area contributed by atoms with Gasteiger partial charge in [-0.05, 0) is 23.8 Å². The van der Waals surface area contributed by atoms with Crippen LogP contribution in [0.3, 0.4) is 0 Å². The summed E-state index contributed by atoms with van der Waals surface area (Å²) in [6.07, 6.45) is 0. The van der Waals surface area contributed by atoms with Crippen LogP contribution in [0.5, 0.6) is 0 Å². The number of nitrogens with two attached hydrogens (primary N) is 1. The molecule has 0 atom stereocenters. The molecule has 1 heterocycles. The minimum atomic E-state index is -0.243. The Bertz CT molecular complexity index is 588. The lowest BCUT2D eigenvalue weighted by molar-refractivity contribution is 0.0946. The first kappa shape index (κ1) is 13.5. The van der Waals surface area contributed by atoms with Crippen molar-refractivity contribution in [2.24, 2.45) is 5.84 Å².